The molecule has 0 N–H and O–H groups in total. The fourth-order valence-electron chi connectivity index (χ4n) is 1.65. The molecule has 1 aromatic carbocycles. The van der Waals surface area contributed by atoms with Gasteiger partial charge in [0, 0.05) is 10.7 Å². The molecular weight excluding hydrogens is 292 g/mol. The quantitative estimate of drug-likeness (QED) is 0.621. The van der Waals surface area contributed by atoms with E-state index in [9.17, 15) is 17.6 Å². The molecule has 1 aromatic rings. The molecule has 0 saturated carbocycles. The van der Waals surface area contributed by atoms with Crippen LogP contribution in [0.4, 0.5) is 4.39 Å². The number of rotatable bonds is 2. The lowest BCUT2D eigenvalue weighted by atomic mass is 9.97. The molecule has 8 heteroatoms. The van der Waals surface area contributed by atoms with E-state index in [0.29, 0.717) is 9.87 Å². The molecule has 1 aliphatic rings. The molecule has 4 nitrogen and oxygen atoms in total. The Hall–Kier alpha value is -0.850. The van der Waals surface area contributed by atoms with Gasteiger partial charge in [0.05, 0.1) is 17.5 Å². The van der Waals surface area contributed by atoms with Crippen molar-refractivity contribution in [2.75, 3.05) is 0 Å². The first kappa shape index (κ1) is 12.6. The molecule has 1 heterocycles. The van der Waals surface area contributed by atoms with E-state index in [0.717, 1.165) is 6.07 Å². The van der Waals surface area contributed by atoms with Crippen molar-refractivity contribution >= 4 is 37.4 Å². The number of nitrogens with zero attached hydrogens (tertiary/aromatic N) is 1. The summed E-state index contributed by atoms with van der Waals surface area (Å²) < 4.78 is 35.9. The highest BCUT2D eigenvalue weighted by Crippen LogP contribution is 2.38. The molecular formula is C9H6Cl2FNO3S. The Labute approximate surface area is 106 Å². The van der Waals surface area contributed by atoms with E-state index < -0.39 is 27.0 Å². The average Bonchev–Trinajstić information content (AvgIpc) is 2.16. The van der Waals surface area contributed by atoms with Crippen LogP contribution in [0, 0.1) is 5.82 Å². The standard InChI is InChI=1S/C9H6Cl2FNO3S/c10-6-2-1-5(3-7(6)12)8-4-9(14)13(8)17(11,15)16/h1-3,8H,4H2. The zero-order valence-electron chi connectivity index (χ0n) is 8.23. The number of β-lactam (4-membered cyclic amide) rings is 1. The smallest absolute Gasteiger partial charge is 0.274 e. The Bertz CT molecular complexity index is 590. The summed E-state index contributed by atoms with van der Waals surface area (Å²) in [6.45, 7) is 0. The van der Waals surface area contributed by atoms with E-state index in [2.05, 4.69) is 0 Å². The van der Waals surface area contributed by atoms with E-state index in [1.165, 1.54) is 12.1 Å². The molecule has 0 bridgehead atoms. The van der Waals surface area contributed by atoms with E-state index in [-0.39, 0.29) is 11.4 Å². The molecule has 2 rings (SSSR count). The van der Waals surface area contributed by atoms with Crippen molar-refractivity contribution in [3.63, 3.8) is 0 Å². The molecule has 1 amide bonds. The molecule has 0 aliphatic carbocycles. The fourth-order valence-corrected chi connectivity index (χ4v) is 3.10. The number of amides is 1. The third-order valence-corrected chi connectivity index (χ3v) is 4.14. The highest BCUT2D eigenvalue weighted by atomic mass is 35.7. The second kappa shape index (κ2) is 4.12. The lowest BCUT2D eigenvalue weighted by molar-refractivity contribution is -0.137. The summed E-state index contributed by atoms with van der Waals surface area (Å²) in [6.07, 6.45) is -0.0208. The number of hydrogen-bond donors (Lipinski definition) is 0. The van der Waals surface area contributed by atoms with Gasteiger partial charge in [-0.1, -0.05) is 17.7 Å². The Morgan fingerprint density at radius 3 is 2.53 bits per heavy atom. The van der Waals surface area contributed by atoms with Gasteiger partial charge < -0.3 is 0 Å². The predicted molar refractivity (Wildman–Crippen MR) is 60.4 cm³/mol. The first-order valence-electron chi connectivity index (χ1n) is 4.52. The van der Waals surface area contributed by atoms with Gasteiger partial charge in [0.25, 0.3) is 0 Å². The molecule has 1 fully saturated rings. The third-order valence-electron chi connectivity index (χ3n) is 2.46. The van der Waals surface area contributed by atoms with Crippen molar-refractivity contribution < 1.29 is 17.6 Å². The number of halogens is 3. The van der Waals surface area contributed by atoms with Gasteiger partial charge in [-0.3, -0.25) is 4.79 Å². The van der Waals surface area contributed by atoms with Gasteiger partial charge in [-0.15, -0.1) is 0 Å². The highest BCUT2D eigenvalue weighted by Gasteiger charge is 2.44. The SMILES string of the molecule is O=C1CC(c2ccc(Cl)c(F)c2)N1S(=O)(=O)Cl. The van der Waals surface area contributed by atoms with Gasteiger partial charge in [0.2, 0.25) is 5.91 Å². The highest BCUT2D eigenvalue weighted by molar-refractivity contribution is 8.12. The normalized spacial score (nSPS) is 20.3. The second-order valence-electron chi connectivity index (χ2n) is 3.53. The second-order valence-corrected chi connectivity index (χ2v) is 6.32. The lowest BCUT2D eigenvalue weighted by Gasteiger charge is -2.37. The third kappa shape index (κ3) is 2.25. The van der Waals surface area contributed by atoms with Crippen LogP contribution in [-0.4, -0.2) is 18.6 Å². The van der Waals surface area contributed by atoms with Crippen molar-refractivity contribution in [3.05, 3.63) is 34.6 Å². The summed E-state index contributed by atoms with van der Waals surface area (Å²) in [6, 6.07) is 3.09. The molecule has 1 atom stereocenters. The molecule has 0 aromatic heterocycles. The number of hydrogen-bond acceptors (Lipinski definition) is 3. The van der Waals surface area contributed by atoms with Gasteiger partial charge in [0.15, 0.2) is 0 Å². The zero-order chi connectivity index (χ0) is 12.8. The summed E-state index contributed by atoms with van der Waals surface area (Å²) in [5.41, 5.74) is 0.343. The first-order valence-corrected chi connectivity index (χ1v) is 7.17. The topological polar surface area (TPSA) is 54.5 Å². The van der Waals surface area contributed by atoms with Crippen LogP contribution in [0.3, 0.4) is 0 Å². The minimum atomic E-state index is -4.13. The number of benzene rings is 1. The summed E-state index contributed by atoms with van der Waals surface area (Å²) in [4.78, 5) is 11.2. The van der Waals surface area contributed by atoms with Crippen molar-refractivity contribution in [1.29, 1.82) is 0 Å². The van der Waals surface area contributed by atoms with Crippen molar-refractivity contribution in [2.45, 2.75) is 12.5 Å². The van der Waals surface area contributed by atoms with E-state index in [1.54, 1.807) is 0 Å². The Morgan fingerprint density at radius 2 is 2.06 bits per heavy atom. The monoisotopic (exact) mass is 297 g/mol. The fraction of sp³-hybridized carbons (Fsp3) is 0.222. The van der Waals surface area contributed by atoms with E-state index in [4.69, 9.17) is 22.3 Å². The lowest BCUT2D eigenvalue weighted by Crippen LogP contribution is -2.47. The van der Waals surface area contributed by atoms with Gasteiger partial charge >= 0.3 is 9.24 Å². The van der Waals surface area contributed by atoms with E-state index in [1.807, 2.05) is 0 Å². The maximum absolute atomic E-state index is 13.2. The molecule has 92 valence electrons. The predicted octanol–water partition coefficient (Wildman–Crippen LogP) is 2.24. The minimum absolute atomic E-state index is 0.0208. The molecule has 0 spiro atoms. The van der Waals surface area contributed by atoms with Crippen LogP contribution in [-0.2, 0) is 14.0 Å². The first-order chi connectivity index (χ1) is 7.80. The molecule has 1 unspecified atom stereocenters. The summed E-state index contributed by atoms with van der Waals surface area (Å²) in [5.74, 6) is -1.28. The summed E-state index contributed by atoms with van der Waals surface area (Å²) in [7, 11) is 0.968. The van der Waals surface area contributed by atoms with Crippen LogP contribution in [0.1, 0.15) is 18.0 Å². The maximum atomic E-state index is 13.2. The minimum Gasteiger partial charge on any atom is -0.274 e. The average molecular weight is 298 g/mol. The van der Waals surface area contributed by atoms with Crippen LogP contribution in [0.5, 0.6) is 0 Å². The summed E-state index contributed by atoms with van der Waals surface area (Å²) >= 11 is 5.50. The van der Waals surface area contributed by atoms with Crippen molar-refractivity contribution in [2.24, 2.45) is 0 Å². The van der Waals surface area contributed by atoms with Crippen LogP contribution >= 0.6 is 22.3 Å². The Balaban J connectivity index is 2.36. The molecule has 1 saturated heterocycles. The maximum Gasteiger partial charge on any atom is 0.324 e. The van der Waals surface area contributed by atoms with Gasteiger partial charge in [0.1, 0.15) is 5.82 Å². The molecule has 17 heavy (non-hydrogen) atoms. The van der Waals surface area contributed by atoms with Crippen LogP contribution in [0.2, 0.25) is 5.02 Å². The number of carbonyl (C=O) groups excluding carboxylic acids is 1. The van der Waals surface area contributed by atoms with Crippen LogP contribution in [0.15, 0.2) is 18.2 Å². The van der Waals surface area contributed by atoms with Gasteiger partial charge in [-0.25, -0.2) is 8.70 Å². The van der Waals surface area contributed by atoms with Gasteiger partial charge in [-0.2, -0.15) is 8.42 Å². The van der Waals surface area contributed by atoms with Crippen LogP contribution < -0.4 is 0 Å². The largest absolute Gasteiger partial charge is 0.324 e. The Morgan fingerprint density at radius 1 is 1.41 bits per heavy atom. The Kier molecular flexibility index (Phi) is 3.05. The molecule has 0 radical (unpaired) electrons. The molecule has 1 aliphatic heterocycles. The van der Waals surface area contributed by atoms with E-state index >= 15 is 0 Å². The van der Waals surface area contributed by atoms with Crippen molar-refractivity contribution in [1.82, 2.24) is 4.31 Å². The van der Waals surface area contributed by atoms with Crippen molar-refractivity contribution in [3.8, 4) is 0 Å². The van der Waals surface area contributed by atoms with Gasteiger partial charge in [-0.05, 0) is 17.7 Å². The summed E-state index contributed by atoms with van der Waals surface area (Å²) in [5, 5.41) is -0.0697. The van der Waals surface area contributed by atoms with Crippen LogP contribution in [0.25, 0.3) is 0 Å². The zero-order valence-corrected chi connectivity index (χ0v) is 10.6. The number of carbonyl (C=O) groups is 1.